The van der Waals surface area contributed by atoms with Crippen molar-refractivity contribution < 1.29 is 4.42 Å². The molecule has 0 atom stereocenters. The molecule has 0 bridgehead atoms. The van der Waals surface area contributed by atoms with E-state index in [2.05, 4.69) is 303 Å². The van der Waals surface area contributed by atoms with Crippen LogP contribution in [0.15, 0.2) is 296 Å². The van der Waals surface area contributed by atoms with Gasteiger partial charge in [0.15, 0.2) is 0 Å². The Bertz CT molecular complexity index is 5680. The lowest BCUT2D eigenvalue weighted by Gasteiger charge is -2.10. The van der Waals surface area contributed by atoms with Gasteiger partial charge in [0.1, 0.15) is 11.2 Å². The van der Waals surface area contributed by atoms with Crippen LogP contribution in [-0.2, 0) is 0 Å². The van der Waals surface area contributed by atoms with Gasteiger partial charge in [-0.1, -0.05) is 146 Å². The smallest absolute Gasteiger partial charge is 0.135 e. The molecule has 5 nitrogen and oxygen atoms in total. The van der Waals surface area contributed by atoms with E-state index >= 15 is 0 Å². The van der Waals surface area contributed by atoms with Crippen LogP contribution in [0.3, 0.4) is 0 Å². The highest BCUT2D eigenvalue weighted by molar-refractivity contribution is 6.16. The van der Waals surface area contributed by atoms with Gasteiger partial charge in [-0.15, -0.1) is 0 Å². The normalized spacial score (nSPS) is 12.1. The molecule has 13 aromatic carbocycles. The first-order valence-corrected chi connectivity index (χ1v) is 28.5. The van der Waals surface area contributed by atoms with Crippen LogP contribution in [0.1, 0.15) is 0 Å². The molecule has 0 unspecified atom stereocenters. The number of nitrogens with zero attached hydrogens (tertiary/aromatic N) is 4. The summed E-state index contributed by atoms with van der Waals surface area (Å²) in [5.41, 5.74) is 22.8. The van der Waals surface area contributed by atoms with Crippen LogP contribution >= 0.6 is 0 Å². The van der Waals surface area contributed by atoms with Gasteiger partial charge in [-0.25, -0.2) is 0 Å². The Morgan fingerprint density at radius 1 is 0.169 bits per heavy atom. The van der Waals surface area contributed by atoms with Crippen molar-refractivity contribution in [1.82, 2.24) is 18.3 Å². The maximum Gasteiger partial charge on any atom is 0.135 e. The third-order valence-corrected chi connectivity index (χ3v) is 17.5. The molecule has 5 heteroatoms. The van der Waals surface area contributed by atoms with Gasteiger partial charge in [0.25, 0.3) is 0 Å². The summed E-state index contributed by atoms with van der Waals surface area (Å²) in [5, 5.41) is 12.0. The fourth-order valence-electron chi connectivity index (χ4n) is 13.8. The van der Waals surface area contributed by atoms with Crippen LogP contribution in [-0.4, -0.2) is 18.3 Å². The predicted molar refractivity (Wildman–Crippen MR) is 347 cm³/mol. The average molecular weight is 1060 g/mol. The second-order valence-corrected chi connectivity index (χ2v) is 22.1. The Morgan fingerprint density at radius 3 is 0.819 bits per heavy atom. The standard InChI is InChI=1S/C78H48N4O/c1-4-16-55(17-5-1)79-69-25-13-10-22-59(69)62-42-49(28-35-71(62)79)51-30-37-73-64(44-51)65-45-53(31-38-74(65)81(73)57-20-8-3-9-21-57)54-33-40-76-67(47-54)66-46-52(32-39-75(66)82(76)58-34-41-78-68(48-58)61-24-12-15-27-77(61)83-78)50-29-36-72-63(43-50)60-23-11-14-26-70(60)80(72)56-18-6-2-7-19-56/h1-48H. The summed E-state index contributed by atoms with van der Waals surface area (Å²) < 4.78 is 16.0. The van der Waals surface area contributed by atoms with Gasteiger partial charge >= 0.3 is 0 Å². The molecular weight excluding hydrogens is 1010 g/mol. The van der Waals surface area contributed by atoms with Gasteiger partial charge in [-0.2, -0.15) is 0 Å². The Hall–Kier alpha value is -11.1. The number of furan rings is 1. The monoisotopic (exact) mass is 1060 g/mol. The van der Waals surface area contributed by atoms with Crippen molar-refractivity contribution in [2.45, 2.75) is 0 Å². The molecule has 0 spiro atoms. The van der Waals surface area contributed by atoms with Crippen LogP contribution in [0, 0.1) is 0 Å². The highest BCUT2D eigenvalue weighted by atomic mass is 16.3. The fraction of sp³-hybridized carbons (Fsp3) is 0. The van der Waals surface area contributed by atoms with Gasteiger partial charge in [0.2, 0.25) is 0 Å². The van der Waals surface area contributed by atoms with Gasteiger partial charge in [-0.3, -0.25) is 0 Å². The third kappa shape index (κ3) is 6.89. The molecule has 0 aliphatic carbocycles. The zero-order valence-corrected chi connectivity index (χ0v) is 44.9. The SMILES string of the molecule is c1ccc(-n2c3ccccc3c3cc(-c4ccc5c(c4)c4cc(-c6ccc7c(c6)c6cc(-c8ccc9c(c8)c8ccccc8n9-c8ccccc8)ccc6n7-c6ccc7oc8ccccc8c7c6)ccc4n5-c4ccccc4)ccc32)cc1. The van der Waals surface area contributed by atoms with E-state index in [4.69, 9.17) is 4.42 Å². The minimum absolute atomic E-state index is 0.883. The maximum atomic E-state index is 6.36. The van der Waals surface area contributed by atoms with E-state index in [9.17, 15) is 0 Å². The van der Waals surface area contributed by atoms with Gasteiger partial charge in [0, 0.05) is 76.6 Å². The predicted octanol–water partition coefficient (Wildman–Crippen LogP) is 21.0. The summed E-state index contributed by atoms with van der Waals surface area (Å²) in [5.74, 6) is 0. The highest BCUT2D eigenvalue weighted by Crippen LogP contribution is 2.44. The Kier molecular flexibility index (Phi) is 9.73. The number of fused-ring (bicyclic) bond motifs is 15. The molecule has 0 amide bonds. The van der Waals surface area contributed by atoms with E-state index in [0.29, 0.717) is 0 Å². The fourth-order valence-corrected chi connectivity index (χ4v) is 13.8. The first-order valence-electron chi connectivity index (χ1n) is 28.5. The minimum Gasteiger partial charge on any atom is -0.456 e. The molecule has 5 heterocycles. The van der Waals surface area contributed by atoms with E-state index in [-0.39, 0.29) is 0 Å². The number of hydrogen-bond acceptors (Lipinski definition) is 1. The van der Waals surface area contributed by atoms with E-state index in [1.54, 1.807) is 0 Å². The van der Waals surface area contributed by atoms with Crippen LogP contribution in [0.5, 0.6) is 0 Å². The summed E-state index contributed by atoms with van der Waals surface area (Å²) in [4.78, 5) is 0. The molecule has 0 fully saturated rings. The second kappa shape index (κ2) is 17.7. The molecule has 386 valence electrons. The molecule has 0 N–H and O–H groups in total. The molecule has 0 aliphatic rings. The summed E-state index contributed by atoms with van der Waals surface area (Å²) in [6.07, 6.45) is 0. The molecule has 18 aromatic rings. The first kappa shape index (κ1) is 45.7. The lowest BCUT2D eigenvalue weighted by Crippen LogP contribution is -1.94. The summed E-state index contributed by atoms with van der Waals surface area (Å²) in [7, 11) is 0. The quantitative estimate of drug-likeness (QED) is 0.157. The molecule has 0 saturated heterocycles. The van der Waals surface area contributed by atoms with Gasteiger partial charge in [0.05, 0.1) is 44.1 Å². The van der Waals surface area contributed by atoms with Crippen molar-refractivity contribution in [1.29, 1.82) is 0 Å². The van der Waals surface area contributed by atoms with Crippen LogP contribution < -0.4 is 0 Å². The molecule has 0 aliphatic heterocycles. The minimum atomic E-state index is 0.883. The molecule has 83 heavy (non-hydrogen) atoms. The Morgan fingerprint density at radius 2 is 0.446 bits per heavy atom. The summed E-state index contributed by atoms with van der Waals surface area (Å²) in [6, 6.07) is 107. The van der Waals surface area contributed by atoms with Crippen molar-refractivity contribution in [2.75, 3.05) is 0 Å². The maximum absolute atomic E-state index is 6.36. The topological polar surface area (TPSA) is 32.9 Å². The Labute approximate surface area is 476 Å². The van der Waals surface area contributed by atoms with E-state index in [0.717, 1.165) is 66.8 Å². The lowest BCUT2D eigenvalue weighted by atomic mass is 9.98. The summed E-state index contributed by atoms with van der Waals surface area (Å²) in [6.45, 7) is 0. The van der Waals surface area contributed by atoms with Crippen LogP contribution in [0.4, 0.5) is 0 Å². The Balaban J connectivity index is 0.823. The number of para-hydroxylation sites is 6. The van der Waals surface area contributed by atoms with Crippen molar-refractivity contribution in [3.05, 3.63) is 291 Å². The van der Waals surface area contributed by atoms with Crippen LogP contribution in [0.25, 0.3) is 165 Å². The summed E-state index contributed by atoms with van der Waals surface area (Å²) >= 11 is 0. The third-order valence-electron chi connectivity index (χ3n) is 17.5. The van der Waals surface area contributed by atoms with Crippen molar-refractivity contribution in [3.8, 4) is 56.1 Å². The number of benzene rings is 13. The van der Waals surface area contributed by atoms with E-state index in [1.165, 1.54) is 98.4 Å². The zero-order chi connectivity index (χ0) is 54.3. The molecule has 5 aromatic heterocycles. The van der Waals surface area contributed by atoms with Gasteiger partial charge < -0.3 is 22.7 Å². The molecule has 18 rings (SSSR count). The van der Waals surface area contributed by atoms with Crippen molar-refractivity contribution in [2.24, 2.45) is 0 Å². The number of aromatic nitrogens is 4. The largest absolute Gasteiger partial charge is 0.456 e. The lowest BCUT2D eigenvalue weighted by molar-refractivity contribution is 0.669. The average Bonchev–Trinajstić information content (AvgIpc) is 3.25. The van der Waals surface area contributed by atoms with E-state index < -0.39 is 0 Å². The molecular formula is C78H48N4O. The van der Waals surface area contributed by atoms with Crippen molar-refractivity contribution in [3.63, 3.8) is 0 Å². The van der Waals surface area contributed by atoms with Gasteiger partial charge in [-0.05, 0) is 179 Å². The second-order valence-electron chi connectivity index (χ2n) is 22.1. The molecule has 0 radical (unpaired) electrons. The zero-order valence-electron chi connectivity index (χ0n) is 44.9. The van der Waals surface area contributed by atoms with Crippen molar-refractivity contribution >= 4 is 109 Å². The number of hydrogen-bond donors (Lipinski definition) is 0. The van der Waals surface area contributed by atoms with E-state index in [1.807, 2.05) is 6.07 Å². The first-order chi connectivity index (χ1) is 41.1. The highest BCUT2D eigenvalue weighted by Gasteiger charge is 2.21. The van der Waals surface area contributed by atoms with Crippen LogP contribution in [0.2, 0.25) is 0 Å². The molecule has 0 saturated carbocycles. The number of rotatable bonds is 7.